The Labute approximate surface area is 113 Å². The van der Waals surface area contributed by atoms with Gasteiger partial charge < -0.3 is 5.11 Å². The van der Waals surface area contributed by atoms with Crippen molar-refractivity contribution in [2.45, 2.75) is 9.92 Å². The van der Waals surface area contributed by atoms with Crippen molar-refractivity contribution in [3.63, 3.8) is 0 Å². The summed E-state index contributed by atoms with van der Waals surface area (Å²) >= 11 is 0.316. The van der Waals surface area contributed by atoms with E-state index in [4.69, 9.17) is 5.11 Å². The predicted molar refractivity (Wildman–Crippen MR) is 59.4 cm³/mol. The molecule has 0 saturated heterocycles. The van der Waals surface area contributed by atoms with Gasteiger partial charge in [0.25, 0.3) is 11.9 Å². The van der Waals surface area contributed by atoms with Gasteiger partial charge in [-0.3, -0.25) is 0 Å². The molecule has 4 nitrogen and oxygen atoms in total. The summed E-state index contributed by atoms with van der Waals surface area (Å²) in [5, 5.41) is 8.62. The van der Waals surface area contributed by atoms with Gasteiger partial charge in [0.1, 0.15) is 5.03 Å². The van der Waals surface area contributed by atoms with Crippen LogP contribution in [0.3, 0.4) is 0 Å². The first-order valence-electron chi connectivity index (χ1n) is 4.97. The largest absolute Gasteiger partial charge is 0.478 e. The second-order valence-electron chi connectivity index (χ2n) is 3.44. The summed E-state index contributed by atoms with van der Waals surface area (Å²) in [6.45, 7) is 0. The van der Waals surface area contributed by atoms with E-state index in [1.165, 1.54) is 0 Å². The summed E-state index contributed by atoms with van der Waals surface area (Å²) in [5.74, 6) is -8.05. The second-order valence-corrected chi connectivity index (χ2v) is 4.47. The van der Waals surface area contributed by atoms with E-state index < -0.39 is 34.4 Å². The van der Waals surface area contributed by atoms with Gasteiger partial charge in [-0.25, -0.2) is 18.6 Å². The smallest absolute Gasteiger partial charge is 0.337 e. The zero-order valence-electron chi connectivity index (χ0n) is 9.40. The molecule has 0 saturated carbocycles. The molecule has 0 aliphatic rings. The van der Waals surface area contributed by atoms with Crippen LogP contribution in [0.5, 0.6) is 0 Å². The highest BCUT2D eigenvalue weighted by Crippen LogP contribution is 2.32. The van der Waals surface area contributed by atoms with Crippen LogP contribution < -0.4 is 0 Å². The van der Waals surface area contributed by atoms with Crippen LogP contribution in [0.25, 0.3) is 0 Å². The maximum Gasteiger partial charge on any atom is 0.337 e. The van der Waals surface area contributed by atoms with Crippen LogP contribution >= 0.6 is 11.8 Å². The van der Waals surface area contributed by atoms with Gasteiger partial charge in [0.05, 0.1) is 10.5 Å². The third-order valence-corrected chi connectivity index (χ3v) is 3.16. The molecule has 2 heterocycles. The van der Waals surface area contributed by atoms with Gasteiger partial charge >= 0.3 is 5.97 Å². The van der Waals surface area contributed by atoms with E-state index in [-0.39, 0.29) is 10.6 Å². The molecule has 0 spiro atoms. The Morgan fingerprint density at radius 3 is 2.15 bits per heavy atom. The van der Waals surface area contributed by atoms with E-state index in [0.717, 1.165) is 18.3 Å². The molecule has 104 valence electrons. The molecular formula is C11H4F4N2O2S. The van der Waals surface area contributed by atoms with Crippen molar-refractivity contribution >= 4 is 17.7 Å². The molecule has 2 rings (SSSR count). The lowest BCUT2D eigenvalue weighted by Crippen LogP contribution is -2.02. The van der Waals surface area contributed by atoms with Gasteiger partial charge in [-0.15, -0.1) is 0 Å². The minimum Gasteiger partial charge on any atom is -0.478 e. The minimum atomic E-state index is -1.77. The number of aromatic carboxylic acids is 1. The van der Waals surface area contributed by atoms with Crippen LogP contribution in [0.1, 0.15) is 10.4 Å². The lowest BCUT2D eigenvalue weighted by atomic mass is 10.3. The van der Waals surface area contributed by atoms with E-state index in [2.05, 4.69) is 9.97 Å². The Morgan fingerprint density at radius 2 is 1.70 bits per heavy atom. The fourth-order valence-electron chi connectivity index (χ4n) is 1.23. The topological polar surface area (TPSA) is 63.1 Å². The predicted octanol–water partition coefficient (Wildman–Crippen LogP) is 2.88. The number of hydrogen-bond donors (Lipinski definition) is 1. The van der Waals surface area contributed by atoms with Gasteiger partial charge in [-0.2, -0.15) is 13.8 Å². The van der Waals surface area contributed by atoms with Crippen molar-refractivity contribution in [2.75, 3.05) is 0 Å². The van der Waals surface area contributed by atoms with Crippen molar-refractivity contribution in [2.24, 2.45) is 0 Å². The summed E-state index contributed by atoms with van der Waals surface area (Å²) in [4.78, 5) is 15.7. The molecule has 2 aromatic rings. The first-order chi connectivity index (χ1) is 9.40. The Morgan fingerprint density at radius 1 is 1.10 bits per heavy atom. The molecule has 0 unspecified atom stereocenters. The van der Waals surface area contributed by atoms with Crippen LogP contribution in [0.4, 0.5) is 17.6 Å². The zero-order valence-corrected chi connectivity index (χ0v) is 10.2. The highest BCUT2D eigenvalue weighted by molar-refractivity contribution is 7.99. The second kappa shape index (κ2) is 5.45. The fourth-order valence-corrected chi connectivity index (χ4v) is 2.03. The zero-order chi connectivity index (χ0) is 14.9. The number of hydrogen-bond acceptors (Lipinski definition) is 4. The van der Waals surface area contributed by atoms with Crippen LogP contribution in [-0.4, -0.2) is 21.0 Å². The molecule has 2 aromatic heterocycles. The van der Waals surface area contributed by atoms with Gasteiger partial charge in [0.2, 0.25) is 0 Å². The molecule has 20 heavy (non-hydrogen) atoms. The normalized spacial score (nSPS) is 10.6. The van der Waals surface area contributed by atoms with Crippen molar-refractivity contribution in [3.8, 4) is 0 Å². The van der Waals surface area contributed by atoms with Crippen molar-refractivity contribution < 1.29 is 27.5 Å². The molecule has 0 amide bonds. The average molecular weight is 304 g/mol. The van der Waals surface area contributed by atoms with E-state index >= 15 is 0 Å². The molecule has 9 heteroatoms. The Kier molecular flexibility index (Phi) is 3.89. The molecule has 0 atom stereocenters. The molecule has 0 bridgehead atoms. The Hall–Kier alpha value is -2.16. The molecule has 0 fully saturated rings. The summed E-state index contributed by atoms with van der Waals surface area (Å²) < 4.78 is 52.5. The van der Waals surface area contributed by atoms with Crippen LogP contribution in [0.15, 0.2) is 28.3 Å². The molecular weight excluding hydrogens is 300 g/mol. The number of carboxylic acid groups (broad SMARTS) is 1. The van der Waals surface area contributed by atoms with E-state index in [0.29, 0.717) is 11.8 Å². The van der Waals surface area contributed by atoms with Gasteiger partial charge in [-0.1, -0.05) is 11.8 Å². The lowest BCUT2D eigenvalue weighted by Gasteiger charge is -2.05. The summed E-state index contributed by atoms with van der Waals surface area (Å²) in [6.07, 6.45) is 0.953. The van der Waals surface area contributed by atoms with E-state index in [1.54, 1.807) is 0 Å². The Balaban J connectivity index is 2.37. The van der Waals surface area contributed by atoms with Gasteiger partial charge in [0, 0.05) is 6.20 Å². The Bertz CT molecular complexity index is 653. The molecule has 1 N–H and O–H groups in total. The average Bonchev–Trinajstić information content (AvgIpc) is 2.42. The van der Waals surface area contributed by atoms with Gasteiger partial charge in [-0.05, 0) is 12.1 Å². The molecule has 0 aliphatic carbocycles. The van der Waals surface area contributed by atoms with Crippen molar-refractivity contribution in [1.82, 2.24) is 9.97 Å². The molecule has 0 aliphatic heterocycles. The van der Waals surface area contributed by atoms with E-state index in [9.17, 15) is 22.4 Å². The van der Waals surface area contributed by atoms with Gasteiger partial charge in [0.15, 0.2) is 11.6 Å². The highest BCUT2D eigenvalue weighted by atomic mass is 32.2. The third kappa shape index (κ3) is 2.72. The summed E-state index contributed by atoms with van der Waals surface area (Å²) in [6, 6.07) is 2.30. The number of aromatic nitrogens is 2. The summed E-state index contributed by atoms with van der Waals surface area (Å²) in [5.41, 5.74) is -0.137. The lowest BCUT2D eigenvalue weighted by molar-refractivity contribution is 0.0696. The minimum absolute atomic E-state index is 0.0298. The summed E-state index contributed by atoms with van der Waals surface area (Å²) in [7, 11) is 0. The van der Waals surface area contributed by atoms with Crippen molar-refractivity contribution in [1.29, 1.82) is 0 Å². The maximum atomic E-state index is 13.3. The first-order valence-corrected chi connectivity index (χ1v) is 5.79. The van der Waals surface area contributed by atoms with E-state index in [1.807, 2.05) is 0 Å². The first kappa shape index (κ1) is 14.3. The molecule has 0 aromatic carbocycles. The van der Waals surface area contributed by atoms with Crippen LogP contribution in [0, 0.1) is 23.5 Å². The number of carbonyl (C=O) groups is 1. The number of nitrogens with zero attached hydrogens (tertiary/aromatic N) is 2. The standard InChI is InChI=1S/C11H4F4N2O2S/c12-6-8(7(13)10(15)17-9(6)14)20-5-2-1-4(3-16-5)11(18)19/h1-3H,(H,18,19). The highest BCUT2D eigenvalue weighted by Gasteiger charge is 2.22. The number of pyridine rings is 2. The van der Waals surface area contributed by atoms with Crippen molar-refractivity contribution in [3.05, 3.63) is 47.4 Å². The fraction of sp³-hybridized carbons (Fsp3) is 0. The number of rotatable bonds is 3. The van der Waals surface area contributed by atoms with Crippen LogP contribution in [0.2, 0.25) is 0 Å². The number of carboxylic acids is 1. The SMILES string of the molecule is O=C(O)c1ccc(Sc2c(F)c(F)nc(F)c2F)nc1. The third-order valence-electron chi connectivity index (χ3n) is 2.15. The monoisotopic (exact) mass is 304 g/mol. The number of halogens is 4. The molecule has 0 radical (unpaired) electrons. The quantitative estimate of drug-likeness (QED) is 0.698. The van der Waals surface area contributed by atoms with Crippen LogP contribution in [-0.2, 0) is 0 Å². The maximum absolute atomic E-state index is 13.3.